The zero-order valence-electron chi connectivity index (χ0n) is 17.1. The molecule has 0 atom stereocenters. The number of rotatable bonds is 8. The van der Waals surface area contributed by atoms with Crippen molar-refractivity contribution < 1.29 is 26.7 Å². The van der Waals surface area contributed by atoms with Crippen LogP contribution < -0.4 is 4.74 Å². The van der Waals surface area contributed by atoms with Crippen LogP contribution in [0.4, 0.5) is 22.0 Å². The highest BCUT2D eigenvalue weighted by molar-refractivity contribution is 5.31. The van der Waals surface area contributed by atoms with Crippen molar-refractivity contribution in [3.8, 4) is 5.75 Å². The maximum absolute atomic E-state index is 14.3. The first kappa shape index (κ1) is 22.6. The molecule has 0 bridgehead atoms. The fourth-order valence-electron chi connectivity index (χ4n) is 4.15. The highest BCUT2D eigenvalue weighted by atomic mass is 19.2. The van der Waals surface area contributed by atoms with Crippen molar-refractivity contribution in [3.63, 3.8) is 0 Å². The quantitative estimate of drug-likeness (QED) is 0.242. The molecule has 0 amide bonds. The Hall–Kier alpha value is -2.11. The van der Waals surface area contributed by atoms with Crippen molar-refractivity contribution >= 4 is 0 Å². The summed E-state index contributed by atoms with van der Waals surface area (Å²) in [6.45, 7) is 2.25. The molecule has 0 spiro atoms. The van der Waals surface area contributed by atoms with Gasteiger partial charge in [-0.1, -0.05) is 19.8 Å². The average Bonchev–Trinajstić information content (AvgIpc) is 2.72. The van der Waals surface area contributed by atoms with Gasteiger partial charge in [-0.2, -0.15) is 0 Å². The summed E-state index contributed by atoms with van der Waals surface area (Å²) in [6, 6.07) is 4.77. The maximum Gasteiger partial charge on any atom is 0.194 e. The molecule has 0 unspecified atom stereocenters. The third kappa shape index (κ3) is 5.52. The standard InChI is InChI=1S/C24H27F5O/c1-2-3-4-5-16-10-21(27)24(22(28)11-16)30-14-15-6-8-17(9-7-15)18-12-19(25)23(29)20(26)13-18/h10-13,15,17H,2-9,14H2,1H3. The molecule has 0 N–H and O–H groups in total. The molecular formula is C24H27F5O. The van der Waals surface area contributed by atoms with E-state index in [0.717, 1.165) is 31.4 Å². The van der Waals surface area contributed by atoms with Gasteiger partial charge in [0.2, 0.25) is 0 Å². The zero-order chi connectivity index (χ0) is 21.7. The minimum atomic E-state index is -1.46. The minimum absolute atomic E-state index is 0.0678. The summed E-state index contributed by atoms with van der Waals surface area (Å²) >= 11 is 0. The molecule has 1 fully saturated rings. The van der Waals surface area contributed by atoms with Gasteiger partial charge in [-0.25, -0.2) is 22.0 Å². The summed E-state index contributed by atoms with van der Waals surface area (Å²) in [6.07, 6.45) is 6.28. The highest BCUT2D eigenvalue weighted by Crippen LogP contribution is 2.37. The van der Waals surface area contributed by atoms with E-state index in [1.165, 1.54) is 12.1 Å². The zero-order valence-corrected chi connectivity index (χ0v) is 17.1. The van der Waals surface area contributed by atoms with Crippen molar-refractivity contribution in [1.82, 2.24) is 0 Å². The molecule has 2 aromatic rings. The van der Waals surface area contributed by atoms with Crippen LogP contribution in [-0.2, 0) is 6.42 Å². The largest absolute Gasteiger partial charge is 0.487 e. The first-order valence-corrected chi connectivity index (χ1v) is 10.6. The van der Waals surface area contributed by atoms with E-state index < -0.39 is 29.1 Å². The lowest BCUT2D eigenvalue weighted by molar-refractivity contribution is 0.187. The maximum atomic E-state index is 14.3. The first-order chi connectivity index (χ1) is 14.4. The molecule has 1 nitrogen and oxygen atoms in total. The van der Waals surface area contributed by atoms with Gasteiger partial charge in [-0.3, -0.25) is 0 Å². The molecule has 1 aliphatic carbocycles. The van der Waals surface area contributed by atoms with Crippen molar-refractivity contribution in [3.05, 3.63) is 64.5 Å². The summed E-state index contributed by atoms with van der Waals surface area (Å²) < 4.78 is 74.1. The highest BCUT2D eigenvalue weighted by Gasteiger charge is 2.25. The monoisotopic (exact) mass is 426 g/mol. The number of benzene rings is 2. The summed E-state index contributed by atoms with van der Waals surface area (Å²) in [5, 5.41) is 0. The number of ether oxygens (including phenoxy) is 1. The van der Waals surface area contributed by atoms with E-state index in [4.69, 9.17) is 4.74 Å². The SMILES string of the molecule is CCCCCc1cc(F)c(OCC2CCC(c3cc(F)c(F)c(F)c3)CC2)c(F)c1. The van der Waals surface area contributed by atoms with Crippen LogP contribution in [0.3, 0.4) is 0 Å². The second-order valence-corrected chi connectivity index (χ2v) is 8.17. The number of halogens is 5. The van der Waals surface area contributed by atoms with E-state index in [-0.39, 0.29) is 24.2 Å². The Morgan fingerprint density at radius 3 is 1.97 bits per heavy atom. The normalized spacial score (nSPS) is 19.1. The molecule has 0 aliphatic heterocycles. The average molecular weight is 426 g/mol. The molecule has 0 radical (unpaired) electrons. The van der Waals surface area contributed by atoms with E-state index in [1.807, 2.05) is 0 Å². The molecule has 30 heavy (non-hydrogen) atoms. The van der Waals surface area contributed by atoms with Crippen LogP contribution in [0.2, 0.25) is 0 Å². The summed E-state index contributed by atoms with van der Waals surface area (Å²) in [5.41, 5.74) is 1.08. The third-order valence-electron chi connectivity index (χ3n) is 5.91. The molecule has 0 aromatic heterocycles. The van der Waals surface area contributed by atoms with Crippen LogP contribution in [-0.4, -0.2) is 6.61 Å². The van der Waals surface area contributed by atoms with Gasteiger partial charge >= 0.3 is 0 Å². The second kappa shape index (κ2) is 10.3. The molecule has 3 rings (SSSR count). The van der Waals surface area contributed by atoms with Gasteiger partial charge in [0.25, 0.3) is 0 Å². The Morgan fingerprint density at radius 1 is 0.800 bits per heavy atom. The molecule has 6 heteroatoms. The van der Waals surface area contributed by atoms with Crippen LogP contribution in [0.1, 0.15) is 68.9 Å². The molecule has 0 saturated heterocycles. The van der Waals surface area contributed by atoms with Gasteiger partial charge < -0.3 is 4.74 Å². The van der Waals surface area contributed by atoms with Crippen molar-refractivity contribution in [1.29, 1.82) is 0 Å². The number of unbranched alkanes of at least 4 members (excludes halogenated alkanes) is 2. The molecule has 164 valence electrons. The van der Waals surface area contributed by atoms with Gasteiger partial charge in [0.1, 0.15) is 0 Å². The molecule has 1 saturated carbocycles. The van der Waals surface area contributed by atoms with Gasteiger partial charge in [0.05, 0.1) is 6.61 Å². The number of aryl methyl sites for hydroxylation is 1. The van der Waals surface area contributed by atoms with Crippen LogP contribution in [0.25, 0.3) is 0 Å². The number of hydrogen-bond donors (Lipinski definition) is 0. The van der Waals surface area contributed by atoms with Crippen LogP contribution in [0, 0.1) is 35.0 Å². The Labute approximate surface area is 174 Å². The van der Waals surface area contributed by atoms with Crippen LogP contribution in [0.15, 0.2) is 24.3 Å². The topological polar surface area (TPSA) is 9.23 Å². The summed E-state index contributed by atoms with van der Waals surface area (Å²) in [4.78, 5) is 0. The fourth-order valence-corrected chi connectivity index (χ4v) is 4.15. The van der Waals surface area contributed by atoms with Crippen molar-refractivity contribution in [2.75, 3.05) is 6.61 Å². The van der Waals surface area contributed by atoms with Gasteiger partial charge in [0, 0.05) is 0 Å². The summed E-state index contributed by atoms with van der Waals surface area (Å²) in [5.74, 6) is -5.51. The predicted molar refractivity (Wildman–Crippen MR) is 106 cm³/mol. The van der Waals surface area contributed by atoms with Crippen molar-refractivity contribution in [2.45, 2.75) is 64.2 Å². The van der Waals surface area contributed by atoms with Crippen molar-refractivity contribution in [2.24, 2.45) is 5.92 Å². The van der Waals surface area contributed by atoms with Gasteiger partial charge in [-0.05, 0) is 85.8 Å². The van der Waals surface area contributed by atoms with Crippen LogP contribution >= 0.6 is 0 Å². The third-order valence-corrected chi connectivity index (χ3v) is 5.91. The van der Waals surface area contributed by atoms with E-state index in [0.29, 0.717) is 43.2 Å². The van der Waals surface area contributed by atoms with Gasteiger partial charge in [-0.15, -0.1) is 0 Å². The Bertz CT molecular complexity index is 813. The van der Waals surface area contributed by atoms with Crippen LogP contribution in [0.5, 0.6) is 5.75 Å². The van der Waals surface area contributed by atoms with E-state index in [2.05, 4.69) is 6.92 Å². The lowest BCUT2D eigenvalue weighted by Gasteiger charge is -2.29. The van der Waals surface area contributed by atoms with E-state index in [9.17, 15) is 22.0 Å². The Morgan fingerprint density at radius 2 is 1.40 bits per heavy atom. The smallest absolute Gasteiger partial charge is 0.194 e. The van der Waals surface area contributed by atoms with E-state index in [1.54, 1.807) is 0 Å². The molecule has 0 heterocycles. The molecule has 2 aromatic carbocycles. The second-order valence-electron chi connectivity index (χ2n) is 8.17. The minimum Gasteiger partial charge on any atom is -0.487 e. The lowest BCUT2D eigenvalue weighted by atomic mass is 9.79. The first-order valence-electron chi connectivity index (χ1n) is 10.6. The van der Waals surface area contributed by atoms with Gasteiger partial charge in [0.15, 0.2) is 34.8 Å². The Balaban J connectivity index is 1.53. The number of hydrogen-bond acceptors (Lipinski definition) is 1. The lowest BCUT2D eigenvalue weighted by Crippen LogP contribution is -2.20. The molecular weight excluding hydrogens is 399 g/mol. The predicted octanol–water partition coefficient (Wildman–Crippen LogP) is 7.47. The fraction of sp³-hybridized carbons (Fsp3) is 0.500. The molecule has 1 aliphatic rings. The summed E-state index contributed by atoms with van der Waals surface area (Å²) in [7, 11) is 0. The van der Waals surface area contributed by atoms with E-state index >= 15 is 0 Å². The Kier molecular flexibility index (Phi) is 7.73.